The van der Waals surface area contributed by atoms with Crippen molar-refractivity contribution in [3.05, 3.63) is 30.5 Å². The molecule has 16 heteroatoms. The number of ether oxygens (including phenoxy) is 2. The molecular weight excluding hydrogens is 545 g/mol. The van der Waals surface area contributed by atoms with E-state index >= 15 is 0 Å². The Morgan fingerprint density at radius 1 is 1.23 bits per heavy atom. The first kappa shape index (κ1) is 28.4. The van der Waals surface area contributed by atoms with Crippen molar-refractivity contribution >= 4 is 44.5 Å². The highest BCUT2D eigenvalue weighted by molar-refractivity contribution is 7.89. The third-order valence-electron chi connectivity index (χ3n) is 5.94. The van der Waals surface area contributed by atoms with Crippen LogP contribution in [0, 0.1) is 5.92 Å². The summed E-state index contributed by atoms with van der Waals surface area (Å²) in [5.74, 6) is -0.512. The molecule has 4 N–H and O–H groups in total. The molecule has 1 aliphatic carbocycles. The van der Waals surface area contributed by atoms with Gasteiger partial charge in [0.05, 0.1) is 36.3 Å². The molecule has 2 aromatic heterocycles. The number of sulfonamides is 1. The number of fused-ring (bicyclic) bond motifs is 1. The van der Waals surface area contributed by atoms with Crippen LogP contribution in [0.5, 0.6) is 5.75 Å². The van der Waals surface area contributed by atoms with Crippen molar-refractivity contribution in [3.8, 4) is 5.75 Å². The van der Waals surface area contributed by atoms with E-state index in [1.54, 1.807) is 12.1 Å². The SMILES string of the molecule is COc1cc(S(=O)(=O)N2CCOCC2)ccc1Nc1nc(NCC2CC2)c2cc[nH]c2n1.O=C(O)C(F)(F)F. The quantitative estimate of drug-likeness (QED) is 0.316. The van der Waals surface area contributed by atoms with Crippen molar-refractivity contribution in [2.24, 2.45) is 5.92 Å². The predicted molar refractivity (Wildman–Crippen MR) is 135 cm³/mol. The number of hydrogen-bond acceptors (Lipinski definition) is 9. The van der Waals surface area contributed by atoms with Crippen LogP contribution in [0.2, 0.25) is 0 Å². The zero-order valence-electron chi connectivity index (χ0n) is 20.8. The van der Waals surface area contributed by atoms with E-state index in [2.05, 4.69) is 25.6 Å². The van der Waals surface area contributed by atoms with Gasteiger partial charge in [-0.25, -0.2) is 13.2 Å². The van der Waals surface area contributed by atoms with Gasteiger partial charge in [0, 0.05) is 31.9 Å². The summed E-state index contributed by atoms with van der Waals surface area (Å²) < 4.78 is 69.9. The average molecular weight is 573 g/mol. The molecule has 0 spiro atoms. The van der Waals surface area contributed by atoms with Gasteiger partial charge in [-0.2, -0.15) is 27.4 Å². The molecule has 0 unspecified atom stereocenters. The highest BCUT2D eigenvalue weighted by Gasteiger charge is 2.38. The highest BCUT2D eigenvalue weighted by atomic mass is 32.2. The molecule has 1 saturated heterocycles. The Labute approximate surface area is 221 Å². The molecule has 2 aliphatic rings. The van der Waals surface area contributed by atoms with Crippen LogP contribution < -0.4 is 15.4 Å². The summed E-state index contributed by atoms with van der Waals surface area (Å²) in [4.78, 5) is 21.4. The zero-order chi connectivity index (χ0) is 28.2. The van der Waals surface area contributed by atoms with E-state index in [0.29, 0.717) is 55.3 Å². The molecule has 3 heterocycles. The van der Waals surface area contributed by atoms with Crippen molar-refractivity contribution in [2.75, 3.05) is 50.6 Å². The molecule has 0 atom stereocenters. The Kier molecular flexibility index (Phi) is 8.46. The lowest BCUT2D eigenvalue weighted by molar-refractivity contribution is -0.192. The number of methoxy groups -OCH3 is 1. The third kappa shape index (κ3) is 7.07. The number of anilines is 3. The fraction of sp³-hybridized carbons (Fsp3) is 0.435. The maximum Gasteiger partial charge on any atom is 0.490 e. The predicted octanol–water partition coefficient (Wildman–Crippen LogP) is 3.19. The van der Waals surface area contributed by atoms with E-state index in [9.17, 15) is 21.6 Å². The van der Waals surface area contributed by atoms with E-state index in [1.165, 1.54) is 30.3 Å². The van der Waals surface area contributed by atoms with Crippen LogP contribution in [0.1, 0.15) is 12.8 Å². The van der Waals surface area contributed by atoms with Crippen molar-refractivity contribution in [1.82, 2.24) is 19.3 Å². The number of aromatic nitrogens is 3. The Morgan fingerprint density at radius 3 is 2.54 bits per heavy atom. The monoisotopic (exact) mass is 572 g/mol. The normalized spacial score (nSPS) is 16.3. The highest BCUT2D eigenvalue weighted by Crippen LogP contribution is 2.33. The molecule has 1 aromatic carbocycles. The minimum absolute atomic E-state index is 0.175. The van der Waals surface area contributed by atoms with E-state index in [0.717, 1.165) is 17.7 Å². The second-order valence-corrected chi connectivity index (χ2v) is 10.7. The van der Waals surface area contributed by atoms with Crippen LogP contribution in [-0.2, 0) is 19.6 Å². The standard InChI is InChI=1S/C21H26N6O4S.C2HF3O2/c1-30-18-12-15(32(28,29)27-8-10-31-11-9-27)4-5-17(18)24-21-25-19-16(6-7-22-19)20(26-21)23-13-14-2-3-14;3-2(4,5)1(6)7/h4-7,12,14H,2-3,8-11,13H2,1H3,(H3,22,23,24,25,26);(H,6,7). The maximum absolute atomic E-state index is 13.0. The molecule has 12 nitrogen and oxygen atoms in total. The van der Waals surface area contributed by atoms with E-state index in [4.69, 9.17) is 19.4 Å². The molecule has 0 radical (unpaired) electrons. The van der Waals surface area contributed by atoms with Crippen LogP contribution in [-0.4, -0.2) is 84.9 Å². The number of aromatic amines is 1. The first-order valence-corrected chi connectivity index (χ1v) is 13.3. The summed E-state index contributed by atoms with van der Waals surface area (Å²) in [6, 6.07) is 6.70. The molecule has 3 aromatic rings. The number of halogens is 3. The van der Waals surface area contributed by atoms with Crippen molar-refractivity contribution in [3.63, 3.8) is 0 Å². The number of benzene rings is 1. The van der Waals surface area contributed by atoms with E-state index < -0.39 is 22.2 Å². The van der Waals surface area contributed by atoms with Gasteiger partial charge in [-0.05, 0) is 37.0 Å². The van der Waals surface area contributed by atoms with Gasteiger partial charge in [0.1, 0.15) is 17.2 Å². The molecule has 212 valence electrons. The minimum Gasteiger partial charge on any atom is -0.495 e. The number of hydrogen-bond donors (Lipinski definition) is 4. The van der Waals surface area contributed by atoms with Gasteiger partial charge in [0.25, 0.3) is 0 Å². The summed E-state index contributed by atoms with van der Waals surface area (Å²) in [5.41, 5.74) is 1.29. The molecule has 1 aliphatic heterocycles. The zero-order valence-corrected chi connectivity index (χ0v) is 21.6. The van der Waals surface area contributed by atoms with Crippen LogP contribution in [0.25, 0.3) is 11.0 Å². The van der Waals surface area contributed by atoms with Gasteiger partial charge in [-0.3, -0.25) is 0 Å². The summed E-state index contributed by atoms with van der Waals surface area (Å²) >= 11 is 0. The van der Waals surface area contributed by atoms with Crippen molar-refractivity contribution < 1.29 is 41.0 Å². The first-order chi connectivity index (χ1) is 18.5. The Bertz CT molecular complexity index is 1420. The van der Waals surface area contributed by atoms with Crippen molar-refractivity contribution in [1.29, 1.82) is 0 Å². The molecule has 2 fully saturated rings. The number of nitrogens with zero attached hydrogens (tertiary/aromatic N) is 3. The number of alkyl halides is 3. The number of carboxylic acids is 1. The number of H-pyrrole nitrogens is 1. The molecule has 5 rings (SSSR count). The lowest BCUT2D eigenvalue weighted by atomic mass is 10.3. The van der Waals surface area contributed by atoms with Crippen LogP contribution in [0.3, 0.4) is 0 Å². The lowest BCUT2D eigenvalue weighted by Crippen LogP contribution is -2.40. The maximum atomic E-state index is 13.0. The van der Waals surface area contributed by atoms with Gasteiger partial charge in [-0.1, -0.05) is 0 Å². The summed E-state index contributed by atoms with van der Waals surface area (Å²) in [7, 11) is -2.12. The summed E-state index contributed by atoms with van der Waals surface area (Å²) in [6.07, 6.45) is -0.760. The molecule has 39 heavy (non-hydrogen) atoms. The number of carboxylic acid groups (broad SMARTS) is 1. The number of rotatable bonds is 8. The van der Waals surface area contributed by atoms with E-state index in [1.807, 2.05) is 12.3 Å². The van der Waals surface area contributed by atoms with Gasteiger partial charge in [0.2, 0.25) is 16.0 Å². The average Bonchev–Trinajstić information content (AvgIpc) is 3.62. The van der Waals surface area contributed by atoms with Crippen LogP contribution in [0.15, 0.2) is 35.4 Å². The van der Waals surface area contributed by atoms with Crippen molar-refractivity contribution in [2.45, 2.75) is 23.9 Å². The number of nitrogens with one attached hydrogen (secondary N) is 3. The molecular formula is C23H27F3N6O6S. The number of aliphatic carboxylic acids is 1. The lowest BCUT2D eigenvalue weighted by Gasteiger charge is -2.26. The first-order valence-electron chi connectivity index (χ1n) is 11.9. The third-order valence-corrected chi connectivity index (χ3v) is 7.84. The number of morpholine rings is 1. The summed E-state index contributed by atoms with van der Waals surface area (Å²) in [5, 5.41) is 14.6. The molecule has 0 bridgehead atoms. The molecule has 1 saturated carbocycles. The number of carbonyl (C=O) groups is 1. The topological polar surface area (TPSA) is 159 Å². The van der Waals surface area contributed by atoms with Gasteiger partial charge in [-0.15, -0.1) is 0 Å². The summed E-state index contributed by atoms with van der Waals surface area (Å²) in [6.45, 7) is 2.35. The fourth-order valence-electron chi connectivity index (χ4n) is 3.69. The van der Waals surface area contributed by atoms with Gasteiger partial charge < -0.3 is 30.2 Å². The van der Waals surface area contributed by atoms with Crippen LogP contribution >= 0.6 is 0 Å². The smallest absolute Gasteiger partial charge is 0.490 e. The van der Waals surface area contributed by atoms with E-state index in [-0.39, 0.29) is 4.90 Å². The van der Waals surface area contributed by atoms with Crippen LogP contribution in [0.4, 0.5) is 30.6 Å². The fourth-order valence-corrected chi connectivity index (χ4v) is 5.11. The largest absolute Gasteiger partial charge is 0.495 e. The second kappa shape index (κ2) is 11.6. The minimum atomic E-state index is -5.08. The second-order valence-electron chi connectivity index (χ2n) is 8.77. The Balaban J connectivity index is 0.000000448. The van der Waals surface area contributed by atoms with Gasteiger partial charge in [0.15, 0.2) is 0 Å². The Hall–Kier alpha value is -3.63. The van der Waals surface area contributed by atoms with Gasteiger partial charge >= 0.3 is 12.1 Å². The molecule has 0 amide bonds. The Morgan fingerprint density at radius 2 is 1.92 bits per heavy atom.